The first kappa shape index (κ1) is 21.2. The van der Waals surface area contributed by atoms with E-state index in [-0.39, 0.29) is 30.7 Å². The summed E-state index contributed by atoms with van der Waals surface area (Å²) in [4.78, 5) is 21.2. The number of sulfone groups is 2. The Hall–Kier alpha value is -3.50. The van der Waals surface area contributed by atoms with E-state index in [2.05, 4.69) is 0 Å². The minimum Gasteiger partial charge on any atom is -0.478 e. The molecule has 0 bridgehead atoms. The minimum absolute atomic E-state index is 0.0655. The quantitative estimate of drug-likeness (QED) is 0.588. The Balaban J connectivity index is 1.93. The van der Waals surface area contributed by atoms with Crippen LogP contribution in [-0.2, 0) is 19.7 Å². The molecule has 3 rings (SSSR count). The number of carbonyl (C=O) groups is 2. The van der Waals surface area contributed by atoms with E-state index in [1.165, 1.54) is 0 Å². The minimum atomic E-state index is -3.98. The lowest BCUT2D eigenvalue weighted by atomic mass is 10.2. The van der Waals surface area contributed by atoms with Gasteiger partial charge in [-0.2, -0.15) is 0 Å². The highest BCUT2D eigenvalue weighted by molar-refractivity contribution is 7.92. The van der Waals surface area contributed by atoms with Crippen LogP contribution in [0.25, 0.3) is 0 Å². The Morgan fingerprint density at radius 1 is 0.467 bits per heavy atom. The number of hydrogen-bond donors (Lipinski definition) is 2. The third-order valence-electron chi connectivity index (χ3n) is 4.27. The molecule has 0 unspecified atom stereocenters. The number of carboxylic acids is 2. The maximum absolute atomic E-state index is 12.7. The van der Waals surface area contributed by atoms with Crippen LogP contribution in [0.2, 0.25) is 0 Å². The molecule has 0 aliphatic heterocycles. The van der Waals surface area contributed by atoms with Gasteiger partial charge in [0.2, 0.25) is 19.7 Å². The lowest BCUT2D eigenvalue weighted by molar-refractivity contribution is 0.0686. The summed E-state index contributed by atoms with van der Waals surface area (Å²) in [7, 11) is -7.95. The van der Waals surface area contributed by atoms with Crippen LogP contribution in [0.15, 0.2) is 92.4 Å². The second kappa shape index (κ2) is 7.73. The number of carboxylic acid groups (broad SMARTS) is 2. The lowest BCUT2D eigenvalue weighted by Crippen LogP contribution is -2.06. The maximum atomic E-state index is 12.7. The Morgan fingerprint density at radius 3 is 0.867 bits per heavy atom. The van der Waals surface area contributed by atoms with Crippen molar-refractivity contribution in [2.75, 3.05) is 0 Å². The van der Waals surface area contributed by atoms with Crippen molar-refractivity contribution < 1.29 is 36.6 Å². The lowest BCUT2D eigenvalue weighted by Gasteiger charge is -2.08. The van der Waals surface area contributed by atoms with Crippen molar-refractivity contribution >= 4 is 31.6 Å². The summed E-state index contributed by atoms with van der Waals surface area (Å²) in [6.45, 7) is 0. The van der Waals surface area contributed by atoms with Crippen LogP contribution in [0.1, 0.15) is 20.7 Å². The van der Waals surface area contributed by atoms with E-state index in [9.17, 15) is 26.4 Å². The van der Waals surface area contributed by atoms with Gasteiger partial charge in [0.15, 0.2) is 0 Å². The summed E-state index contributed by atoms with van der Waals surface area (Å²) in [5, 5.41) is 17.8. The summed E-state index contributed by atoms with van der Waals surface area (Å²) in [6, 6.07) is 13.8. The molecule has 0 atom stereocenters. The van der Waals surface area contributed by atoms with Crippen molar-refractivity contribution in [1.29, 1.82) is 0 Å². The Bertz CT molecular complexity index is 1210. The van der Waals surface area contributed by atoms with Crippen LogP contribution in [-0.4, -0.2) is 39.0 Å². The molecule has 3 aromatic rings. The van der Waals surface area contributed by atoms with E-state index < -0.39 is 31.6 Å². The van der Waals surface area contributed by atoms with Gasteiger partial charge in [0.25, 0.3) is 0 Å². The summed E-state index contributed by atoms with van der Waals surface area (Å²) in [5.41, 5.74) is -0.131. The average molecular weight is 446 g/mol. The Labute approximate surface area is 171 Å². The van der Waals surface area contributed by atoms with Crippen molar-refractivity contribution in [2.24, 2.45) is 0 Å². The number of hydrogen-bond acceptors (Lipinski definition) is 6. The van der Waals surface area contributed by atoms with Crippen molar-refractivity contribution in [1.82, 2.24) is 0 Å². The zero-order valence-electron chi connectivity index (χ0n) is 15.1. The van der Waals surface area contributed by atoms with E-state index in [4.69, 9.17) is 10.2 Å². The smallest absolute Gasteiger partial charge is 0.335 e. The molecule has 154 valence electrons. The van der Waals surface area contributed by atoms with Gasteiger partial charge in [-0.25, -0.2) is 26.4 Å². The van der Waals surface area contributed by atoms with Crippen LogP contribution in [0, 0.1) is 0 Å². The molecule has 2 N–H and O–H groups in total. The van der Waals surface area contributed by atoms with E-state index in [1.807, 2.05) is 0 Å². The standard InChI is InChI=1S/C20H14O8S2/c21-19(22)13-1-5-15(6-2-13)29(25,26)17-9-11-18(12-10-17)30(27,28)16-7-3-14(4-8-16)20(23)24/h1-12H,(H,21,22)(H,23,24). The van der Waals surface area contributed by atoms with Gasteiger partial charge in [0.1, 0.15) is 0 Å². The molecule has 10 heteroatoms. The van der Waals surface area contributed by atoms with E-state index >= 15 is 0 Å². The average Bonchev–Trinajstić information content (AvgIpc) is 2.74. The van der Waals surface area contributed by atoms with Gasteiger partial charge in [-0.1, -0.05) is 0 Å². The van der Waals surface area contributed by atoms with Gasteiger partial charge in [0, 0.05) is 0 Å². The third kappa shape index (κ3) is 3.95. The molecule has 0 aromatic heterocycles. The number of rotatable bonds is 6. The van der Waals surface area contributed by atoms with Crippen LogP contribution in [0.4, 0.5) is 0 Å². The highest BCUT2D eigenvalue weighted by atomic mass is 32.2. The van der Waals surface area contributed by atoms with Gasteiger partial charge >= 0.3 is 11.9 Å². The van der Waals surface area contributed by atoms with Crippen molar-refractivity contribution in [3.63, 3.8) is 0 Å². The summed E-state index contributed by atoms with van der Waals surface area (Å²) in [6.07, 6.45) is 0. The molecule has 30 heavy (non-hydrogen) atoms. The molecule has 8 nitrogen and oxygen atoms in total. The second-order valence-electron chi connectivity index (χ2n) is 6.14. The first-order valence-corrected chi connectivity index (χ1v) is 11.3. The molecule has 0 aliphatic rings. The van der Waals surface area contributed by atoms with Gasteiger partial charge in [-0.3, -0.25) is 0 Å². The van der Waals surface area contributed by atoms with Gasteiger partial charge in [0.05, 0.1) is 30.7 Å². The molecule has 3 aromatic carbocycles. The first-order valence-electron chi connectivity index (χ1n) is 8.30. The summed E-state index contributed by atoms with van der Waals surface area (Å²) in [5.74, 6) is -2.38. The Kier molecular flexibility index (Phi) is 5.47. The summed E-state index contributed by atoms with van der Waals surface area (Å²) < 4.78 is 50.8. The van der Waals surface area contributed by atoms with E-state index in [0.717, 1.165) is 72.8 Å². The molecule has 0 amide bonds. The van der Waals surface area contributed by atoms with Crippen molar-refractivity contribution in [2.45, 2.75) is 19.6 Å². The monoisotopic (exact) mass is 446 g/mol. The largest absolute Gasteiger partial charge is 0.478 e. The first-order chi connectivity index (χ1) is 14.0. The van der Waals surface area contributed by atoms with Crippen LogP contribution >= 0.6 is 0 Å². The van der Waals surface area contributed by atoms with E-state index in [0.29, 0.717) is 0 Å². The Morgan fingerprint density at radius 2 is 0.667 bits per heavy atom. The predicted octanol–water partition coefficient (Wildman–Crippen LogP) is 2.75. The van der Waals surface area contributed by atoms with Crippen LogP contribution in [0.5, 0.6) is 0 Å². The number of aromatic carboxylic acids is 2. The SMILES string of the molecule is O=C(O)c1ccc(S(=O)(=O)c2ccc(S(=O)(=O)c3ccc(C(=O)O)cc3)cc2)cc1. The highest BCUT2D eigenvalue weighted by Crippen LogP contribution is 2.26. The fourth-order valence-electron chi connectivity index (χ4n) is 2.62. The molecule has 0 radical (unpaired) electrons. The topological polar surface area (TPSA) is 143 Å². The fourth-order valence-corrected chi connectivity index (χ4v) is 5.15. The second-order valence-corrected chi connectivity index (χ2v) is 10.0. The molecule has 0 fully saturated rings. The van der Waals surface area contributed by atoms with Crippen LogP contribution < -0.4 is 0 Å². The number of benzene rings is 3. The zero-order valence-corrected chi connectivity index (χ0v) is 16.7. The fraction of sp³-hybridized carbons (Fsp3) is 0. The predicted molar refractivity (Wildman–Crippen MR) is 104 cm³/mol. The molecule has 0 heterocycles. The van der Waals surface area contributed by atoms with Gasteiger partial charge in [-0.15, -0.1) is 0 Å². The van der Waals surface area contributed by atoms with E-state index in [1.54, 1.807) is 0 Å². The van der Waals surface area contributed by atoms with Gasteiger partial charge < -0.3 is 10.2 Å². The molecule has 0 spiro atoms. The van der Waals surface area contributed by atoms with Crippen molar-refractivity contribution in [3.8, 4) is 0 Å². The normalized spacial score (nSPS) is 11.7. The summed E-state index contributed by atoms with van der Waals surface area (Å²) >= 11 is 0. The van der Waals surface area contributed by atoms with Crippen LogP contribution in [0.3, 0.4) is 0 Å². The molecule has 0 aliphatic carbocycles. The zero-order chi connectivity index (χ0) is 22.1. The molecule has 0 saturated heterocycles. The van der Waals surface area contributed by atoms with Gasteiger partial charge in [-0.05, 0) is 72.8 Å². The third-order valence-corrected chi connectivity index (χ3v) is 7.84. The maximum Gasteiger partial charge on any atom is 0.335 e. The molecule has 0 saturated carbocycles. The molecular formula is C20H14O8S2. The van der Waals surface area contributed by atoms with Crippen molar-refractivity contribution in [3.05, 3.63) is 83.9 Å². The molecular weight excluding hydrogens is 432 g/mol. The highest BCUT2D eigenvalue weighted by Gasteiger charge is 2.22.